The number of hydrogen-bond acceptors (Lipinski definition) is 4. The second kappa shape index (κ2) is 8.93. The minimum Gasteiger partial charge on any atom is -0.323 e. The SMILES string of the molecule is CCCCc1nc2ccccc2n1Cc1ccc(-c2ccccc2)c(-c2nn[nH]n2)c1Cl. The molecule has 5 rings (SSSR count). The summed E-state index contributed by atoms with van der Waals surface area (Å²) in [5.41, 5.74) is 5.92. The van der Waals surface area contributed by atoms with Crippen LogP contribution in [0.4, 0.5) is 0 Å². The van der Waals surface area contributed by atoms with Gasteiger partial charge in [0.2, 0.25) is 5.82 Å². The minimum atomic E-state index is 0.484. The third kappa shape index (κ3) is 3.78. The summed E-state index contributed by atoms with van der Waals surface area (Å²) in [6.45, 7) is 2.82. The molecule has 0 bridgehead atoms. The lowest BCUT2D eigenvalue weighted by Crippen LogP contribution is -2.07. The van der Waals surface area contributed by atoms with Crippen molar-refractivity contribution in [2.45, 2.75) is 32.7 Å². The summed E-state index contributed by atoms with van der Waals surface area (Å²) in [5, 5.41) is 15.4. The van der Waals surface area contributed by atoms with Crippen LogP contribution in [-0.4, -0.2) is 30.2 Å². The number of benzene rings is 3. The highest BCUT2D eigenvalue weighted by molar-refractivity contribution is 6.34. The van der Waals surface area contributed by atoms with E-state index in [1.807, 2.05) is 24.3 Å². The molecule has 0 saturated heterocycles. The minimum absolute atomic E-state index is 0.484. The van der Waals surface area contributed by atoms with Crippen LogP contribution in [0.2, 0.25) is 5.02 Å². The van der Waals surface area contributed by atoms with Crippen LogP contribution in [0, 0.1) is 0 Å². The number of halogens is 1. The molecular formula is C25H23ClN6. The van der Waals surface area contributed by atoms with Crippen molar-refractivity contribution < 1.29 is 0 Å². The van der Waals surface area contributed by atoms with E-state index in [1.54, 1.807) is 0 Å². The fraction of sp³-hybridized carbons (Fsp3) is 0.200. The van der Waals surface area contributed by atoms with Gasteiger partial charge in [0, 0.05) is 12.0 Å². The molecule has 7 heteroatoms. The molecule has 0 aliphatic rings. The van der Waals surface area contributed by atoms with Gasteiger partial charge in [0.25, 0.3) is 0 Å². The van der Waals surface area contributed by atoms with Gasteiger partial charge in [-0.25, -0.2) is 4.98 Å². The maximum atomic E-state index is 7.02. The largest absolute Gasteiger partial charge is 0.323 e. The summed E-state index contributed by atoms with van der Waals surface area (Å²) in [7, 11) is 0. The van der Waals surface area contributed by atoms with Gasteiger partial charge >= 0.3 is 0 Å². The van der Waals surface area contributed by atoms with E-state index in [9.17, 15) is 0 Å². The Labute approximate surface area is 191 Å². The summed E-state index contributed by atoms with van der Waals surface area (Å²) in [5.74, 6) is 1.56. The molecule has 0 spiro atoms. The average molecular weight is 443 g/mol. The van der Waals surface area contributed by atoms with Gasteiger partial charge in [-0.2, -0.15) is 5.21 Å². The van der Waals surface area contributed by atoms with E-state index in [-0.39, 0.29) is 0 Å². The summed E-state index contributed by atoms with van der Waals surface area (Å²) in [4.78, 5) is 4.89. The molecule has 0 unspecified atom stereocenters. The maximum Gasteiger partial charge on any atom is 0.206 e. The molecule has 0 aliphatic heterocycles. The van der Waals surface area contributed by atoms with Crippen molar-refractivity contribution >= 4 is 22.6 Å². The fourth-order valence-electron chi connectivity index (χ4n) is 4.08. The molecule has 0 fully saturated rings. The van der Waals surface area contributed by atoms with Gasteiger partial charge in [0.15, 0.2) is 0 Å². The number of aryl methyl sites for hydroxylation is 1. The van der Waals surface area contributed by atoms with E-state index in [2.05, 4.69) is 74.6 Å². The number of aromatic amines is 1. The van der Waals surface area contributed by atoms with Crippen LogP contribution >= 0.6 is 11.6 Å². The molecule has 0 atom stereocenters. The molecule has 0 amide bonds. The van der Waals surface area contributed by atoms with Crippen molar-refractivity contribution in [3.63, 3.8) is 0 Å². The van der Waals surface area contributed by atoms with Crippen LogP contribution < -0.4 is 0 Å². The number of fused-ring (bicyclic) bond motifs is 1. The molecule has 6 nitrogen and oxygen atoms in total. The monoisotopic (exact) mass is 442 g/mol. The second-order valence-electron chi connectivity index (χ2n) is 7.77. The zero-order chi connectivity index (χ0) is 21.9. The number of H-pyrrole nitrogens is 1. The number of unbranched alkanes of at least 4 members (excludes halogenated alkanes) is 1. The number of para-hydroxylation sites is 2. The number of nitrogens with zero attached hydrogens (tertiary/aromatic N) is 5. The number of imidazole rings is 1. The molecule has 3 aromatic carbocycles. The van der Waals surface area contributed by atoms with Crippen molar-refractivity contribution in [2.24, 2.45) is 0 Å². The summed E-state index contributed by atoms with van der Waals surface area (Å²) >= 11 is 7.02. The quantitative estimate of drug-likeness (QED) is 0.339. The number of nitrogens with one attached hydrogen (secondary N) is 1. The van der Waals surface area contributed by atoms with Crippen LogP contribution in [0.15, 0.2) is 66.7 Å². The predicted molar refractivity (Wildman–Crippen MR) is 128 cm³/mol. The second-order valence-corrected chi connectivity index (χ2v) is 8.15. The van der Waals surface area contributed by atoms with Gasteiger partial charge < -0.3 is 4.57 Å². The van der Waals surface area contributed by atoms with Crippen LogP contribution in [0.3, 0.4) is 0 Å². The lowest BCUT2D eigenvalue weighted by molar-refractivity contribution is 0.690. The summed E-state index contributed by atoms with van der Waals surface area (Å²) in [6, 6.07) is 22.6. The van der Waals surface area contributed by atoms with Gasteiger partial charge in [-0.05, 0) is 40.5 Å². The van der Waals surface area contributed by atoms with Crippen LogP contribution in [0.5, 0.6) is 0 Å². The predicted octanol–water partition coefficient (Wildman–Crippen LogP) is 5.93. The third-order valence-corrected chi connectivity index (χ3v) is 6.12. The van der Waals surface area contributed by atoms with Crippen LogP contribution in [-0.2, 0) is 13.0 Å². The molecule has 0 aliphatic carbocycles. The van der Waals surface area contributed by atoms with Crippen LogP contribution in [0.25, 0.3) is 33.5 Å². The van der Waals surface area contributed by atoms with Gasteiger partial charge in [-0.3, -0.25) is 0 Å². The van der Waals surface area contributed by atoms with Gasteiger partial charge in [-0.15, -0.1) is 10.2 Å². The Kier molecular flexibility index (Phi) is 5.69. The standard InChI is InChI=1S/C25H23ClN6/c1-2-3-13-22-27-20-11-7-8-12-21(20)32(22)16-18-14-15-19(17-9-5-4-6-10-17)23(24(18)26)25-28-30-31-29-25/h4-12,14-15H,2-3,13,16H2,1H3,(H,28,29,30,31). The van der Waals surface area contributed by atoms with E-state index in [4.69, 9.17) is 16.6 Å². The van der Waals surface area contributed by atoms with Gasteiger partial charge in [-0.1, -0.05) is 79.5 Å². The van der Waals surface area contributed by atoms with E-state index in [0.717, 1.165) is 58.4 Å². The van der Waals surface area contributed by atoms with Crippen LogP contribution in [0.1, 0.15) is 31.2 Å². The van der Waals surface area contributed by atoms with Crippen molar-refractivity contribution in [1.82, 2.24) is 30.2 Å². The molecule has 2 heterocycles. The van der Waals surface area contributed by atoms with Gasteiger partial charge in [0.05, 0.1) is 22.6 Å². The summed E-state index contributed by atoms with van der Waals surface area (Å²) < 4.78 is 2.27. The van der Waals surface area contributed by atoms with E-state index in [1.165, 1.54) is 0 Å². The van der Waals surface area contributed by atoms with Gasteiger partial charge in [0.1, 0.15) is 5.82 Å². The molecule has 5 aromatic rings. The number of tetrazole rings is 1. The first-order chi connectivity index (χ1) is 15.8. The Hall–Kier alpha value is -3.51. The van der Waals surface area contributed by atoms with Crippen molar-refractivity contribution in [1.29, 1.82) is 0 Å². The average Bonchev–Trinajstić information content (AvgIpc) is 3.48. The molecule has 2 aromatic heterocycles. The normalized spacial score (nSPS) is 11.3. The first-order valence-corrected chi connectivity index (χ1v) is 11.2. The zero-order valence-corrected chi connectivity index (χ0v) is 18.5. The first-order valence-electron chi connectivity index (χ1n) is 10.8. The number of hydrogen-bond donors (Lipinski definition) is 1. The number of rotatable bonds is 7. The Morgan fingerprint density at radius 1 is 0.969 bits per heavy atom. The van der Waals surface area contributed by atoms with Crippen molar-refractivity contribution in [3.8, 4) is 22.5 Å². The number of aromatic nitrogens is 6. The first kappa shape index (κ1) is 20.4. The lowest BCUT2D eigenvalue weighted by Gasteiger charge is -2.15. The van der Waals surface area contributed by atoms with E-state index >= 15 is 0 Å². The lowest BCUT2D eigenvalue weighted by atomic mass is 9.96. The molecule has 160 valence electrons. The highest BCUT2D eigenvalue weighted by Gasteiger charge is 2.20. The zero-order valence-electron chi connectivity index (χ0n) is 17.8. The Balaban J connectivity index is 1.64. The Morgan fingerprint density at radius 2 is 1.78 bits per heavy atom. The highest BCUT2D eigenvalue weighted by Crippen LogP contribution is 2.38. The molecular weight excluding hydrogens is 420 g/mol. The highest BCUT2D eigenvalue weighted by atomic mass is 35.5. The molecule has 1 N–H and O–H groups in total. The maximum absolute atomic E-state index is 7.02. The fourth-order valence-corrected chi connectivity index (χ4v) is 4.39. The Bertz CT molecular complexity index is 1340. The van der Waals surface area contributed by atoms with Crippen molar-refractivity contribution in [3.05, 3.63) is 83.1 Å². The molecule has 0 radical (unpaired) electrons. The van der Waals surface area contributed by atoms with E-state index < -0.39 is 0 Å². The topological polar surface area (TPSA) is 72.3 Å². The molecule has 0 saturated carbocycles. The van der Waals surface area contributed by atoms with Crippen molar-refractivity contribution in [2.75, 3.05) is 0 Å². The smallest absolute Gasteiger partial charge is 0.206 e. The summed E-state index contributed by atoms with van der Waals surface area (Å²) in [6.07, 6.45) is 3.15. The molecule has 32 heavy (non-hydrogen) atoms. The third-order valence-electron chi connectivity index (χ3n) is 5.69. The van der Waals surface area contributed by atoms with E-state index in [0.29, 0.717) is 17.4 Å². The Morgan fingerprint density at radius 3 is 2.56 bits per heavy atom.